The Morgan fingerprint density at radius 2 is 2.11 bits per heavy atom. The molecule has 1 aliphatic heterocycles. The molecule has 0 spiro atoms. The Labute approximate surface area is 118 Å². The van der Waals surface area contributed by atoms with E-state index in [0.717, 1.165) is 6.54 Å². The van der Waals surface area contributed by atoms with Gasteiger partial charge < -0.3 is 10.6 Å². The Morgan fingerprint density at radius 3 is 2.74 bits per heavy atom. The predicted octanol–water partition coefficient (Wildman–Crippen LogP) is 4.04. The van der Waals surface area contributed by atoms with E-state index in [4.69, 9.17) is 5.73 Å². The van der Waals surface area contributed by atoms with Crippen molar-refractivity contribution in [2.45, 2.75) is 65.0 Å². The van der Waals surface area contributed by atoms with E-state index in [1.165, 1.54) is 36.1 Å². The Kier molecular flexibility index (Phi) is 4.19. The zero-order chi connectivity index (χ0) is 14.0. The minimum Gasteiger partial charge on any atom is -0.366 e. The summed E-state index contributed by atoms with van der Waals surface area (Å²) in [4.78, 5) is 2.60. The highest BCUT2D eigenvalue weighted by atomic mass is 15.2. The highest BCUT2D eigenvalue weighted by Gasteiger charge is 2.35. The fraction of sp³-hybridized carbons (Fsp3) is 0.647. The number of rotatable bonds is 4. The second kappa shape index (κ2) is 5.54. The molecule has 1 aliphatic rings. The maximum absolute atomic E-state index is 5.78. The van der Waals surface area contributed by atoms with Crippen LogP contribution in [0, 0.1) is 0 Å². The van der Waals surface area contributed by atoms with Gasteiger partial charge in [0.05, 0.1) is 0 Å². The van der Waals surface area contributed by atoms with Gasteiger partial charge in [-0.25, -0.2) is 0 Å². The quantitative estimate of drug-likeness (QED) is 0.885. The van der Waals surface area contributed by atoms with E-state index in [2.05, 4.69) is 50.8 Å². The third-order valence-corrected chi connectivity index (χ3v) is 4.42. The van der Waals surface area contributed by atoms with Crippen LogP contribution in [0.3, 0.4) is 0 Å². The average molecular weight is 260 g/mol. The molecule has 0 saturated carbocycles. The van der Waals surface area contributed by atoms with Crippen molar-refractivity contribution < 1.29 is 0 Å². The van der Waals surface area contributed by atoms with Crippen molar-refractivity contribution in [1.82, 2.24) is 0 Å². The topological polar surface area (TPSA) is 29.3 Å². The first-order valence-corrected chi connectivity index (χ1v) is 7.60. The first-order valence-electron chi connectivity index (χ1n) is 7.60. The van der Waals surface area contributed by atoms with Gasteiger partial charge in [-0.1, -0.05) is 32.4 Å². The highest BCUT2D eigenvalue weighted by Crippen LogP contribution is 2.43. The number of hydrogen-bond donors (Lipinski definition) is 1. The molecule has 1 aromatic rings. The molecule has 0 aliphatic carbocycles. The lowest BCUT2D eigenvalue weighted by molar-refractivity contribution is 0.373. The number of anilines is 1. The van der Waals surface area contributed by atoms with Crippen molar-refractivity contribution in [2.75, 3.05) is 11.4 Å². The number of hydrogen-bond acceptors (Lipinski definition) is 2. The molecular weight excluding hydrogens is 232 g/mol. The number of fused-ring (bicyclic) bond motifs is 1. The number of unbranched alkanes of at least 4 members (excludes halogenated alkanes) is 1. The zero-order valence-corrected chi connectivity index (χ0v) is 12.9. The van der Waals surface area contributed by atoms with Gasteiger partial charge in [0.2, 0.25) is 0 Å². The van der Waals surface area contributed by atoms with E-state index >= 15 is 0 Å². The summed E-state index contributed by atoms with van der Waals surface area (Å²) in [5.41, 5.74) is 10.2. The molecule has 0 aromatic heterocycles. The summed E-state index contributed by atoms with van der Waals surface area (Å²) in [6, 6.07) is 6.78. The first kappa shape index (κ1) is 14.4. The largest absolute Gasteiger partial charge is 0.366 e. The van der Waals surface area contributed by atoms with E-state index in [0.29, 0.717) is 12.5 Å². The number of benzene rings is 1. The number of nitrogens with zero attached hydrogens (tertiary/aromatic N) is 1. The molecule has 0 saturated heterocycles. The fourth-order valence-electron chi connectivity index (χ4n) is 3.41. The molecule has 0 fully saturated rings. The van der Waals surface area contributed by atoms with Crippen LogP contribution >= 0.6 is 0 Å². The molecular formula is C17H28N2. The zero-order valence-electron chi connectivity index (χ0n) is 12.9. The molecule has 0 bridgehead atoms. The lowest BCUT2D eigenvalue weighted by atomic mass is 9.79. The second-order valence-electron chi connectivity index (χ2n) is 6.52. The van der Waals surface area contributed by atoms with Crippen LogP contribution in [0.15, 0.2) is 18.2 Å². The monoisotopic (exact) mass is 260 g/mol. The van der Waals surface area contributed by atoms with Crippen LogP contribution in [0.25, 0.3) is 0 Å². The van der Waals surface area contributed by atoms with Gasteiger partial charge >= 0.3 is 0 Å². The average Bonchev–Trinajstić information content (AvgIpc) is 2.37. The molecule has 2 rings (SSSR count). The standard InChI is InChI=1S/C17H28N2/c1-5-6-9-19-16-8-7-14(12-18)10-15(16)13(2)11-17(19,3)4/h7-8,10,13H,5-6,9,11-12,18H2,1-4H3/t13-/m0/s1. The van der Waals surface area contributed by atoms with Crippen molar-refractivity contribution in [2.24, 2.45) is 5.73 Å². The SMILES string of the molecule is CCCCN1c2ccc(CN)cc2[C@@H](C)CC1(C)C. The van der Waals surface area contributed by atoms with Gasteiger partial charge in [-0.15, -0.1) is 0 Å². The Balaban J connectivity index is 2.41. The molecule has 2 heteroatoms. The third kappa shape index (κ3) is 2.79. The molecule has 2 nitrogen and oxygen atoms in total. The van der Waals surface area contributed by atoms with Crippen molar-refractivity contribution in [3.63, 3.8) is 0 Å². The Morgan fingerprint density at radius 1 is 1.37 bits per heavy atom. The molecule has 1 atom stereocenters. The third-order valence-electron chi connectivity index (χ3n) is 4.42. The van der Waals surface area contributed by atoms with Crippen LogP contribution in [0.2, 0.25) is 0 Å². The summed E-state index contributed by atoms with van der Waals surface area (Å²) < 4.78 is 0. The lowest BCUT2D eigenvalue weighted by Gasteiger charge is -2.48. The minimum atomic E-state index is 0.256. The van der Waals surface area contributed by atoms with Crippen LogP contribution in [0.5, 0.6) is 0 Å². The van der Waals surface area contributed by atoms with Gasteiger partial charge in [0, 0.05) is 24.3 Å². The molecule has 0 radical (unpaired) electrons. The van der Waals surface area contributed by atoms with Gasteiger partial charge in [0.15, 0.2) is 0 Å². The van der Waals surface area contributed by atoms with Crippen LogP contribution in [-0.4, -0.2) is 12.1 Å². The molecule has 1 aromatic carbocycles. The van der Waals surface area contributed by atoms with Crippen LogP contribution in [-0.2, 0) is 6.54 Å². The van der Waals surface area contributed by atoms with Crippen molar-refractivity contribution in [3.8, 4) is 0 Å². The maximum Gasteiger partial charge on any atom is 0.0406 e. The van der Waals surface area contributed by atoms with Gasteiger partial charge in [0.25, 0.3) is 0 Å². The predicted molar refractivity (Wildman–Crippen MR) is 83.7 cm³/mol. The van der Waals surface area contributed by atoms with Crippen LogP contribution in [0.1, 0.15) is 64.0 Å². The summed E-state index contributed by atoms with van der Waals surface area (Å²) >= 11 is 0. The first-order chi connectivity index (χ1) is 8.99. The van der Waals surface area contributed by atoms with Crippen LogP contribution < -0.4 is 10.6 Å². The van der Waals surface area contributed by atoms with E-state index < -0.39 is 0 Å². The highest BCUT2D eigenvalue weighted by molar-refractivity contribution is 5.60. The molecule has 2 N–H and O–H groups in total. The number of nitrogens with two attached hydrogens (primary N) is 1. The molecule has 0 amide bonds. The van der Waals surface area contributed by atoms with Crippen molar-refractivity contribution >= 4 is 5.69 Å². The summed E-state index contributed by atoms with van der Waals surface area (Å²) in [6.45, 7) is 11.2. The summed E-state index contributed by atoms with van der Waals surface area (Å²) in [7, 11) is 0. The second-order valence-corrected chi connectivity index (χ2v) is 6.52. The van der Waals surface area contributed by atoms with Crippen molar-refractivity contribution in [3.05, 3.63) is 29.3 Å². The Hall–Kier alpha value is -1.02. The Bertz CT molecular complexity index is 437. The normalized spacial score (nSPS) is 21.3. The van der Waals surface area contributed by atoms with E-state index in [9.17, 15) is 0 Å². The summed E-state index contributed by atoms with van der Waals surface area (Å²) in [6.07, 6.45) is 3.73. The maximum atomic E-state index is 5.78. The van der Waals surface area contributed by atoms with Crippen LogP contribution in [0.4, 0.5) is 5.69 Å². The summed E-state index contributed by atoms with van der Waals surface area (Å²) in [5.74, 6) is 0.620. The van der Waals surface area contributed by atoms with Gasteiger partial charge in [-0.05, 0) is 49.8 Å². The smallest absolute Gasteiger partial charge is 0.0406 e. The van der Waals surface area contributed by atoms with E-state index in [1.807, 2.05) is 0 Å². The summed E-state index contributed by atoms with van der Waals surface area (Å²) in [5, 5.41) is 0. The molecule has 106 valence electrons. The molecule has 1 heterocycles. The minimum absolute atomic E-state index is 0.256. The fourth-order valence-corrected chi connectivity index (χ4v) is 3.41. The van der Waals surface area contributed by atoms with Gasteiger partial charge in [-0.3, -0.25) is 0 Å². The lowest BCUT2D eigenvalue weighted by Crippen LogP contribution is -2.48. The van der Waals surface area contributed by atoms with Gasteiger partial charge in [0.1, 0.15) is 0 Å². The molecule has 19 heavy (non-hydrogen) atoms. The van der Waals surface area contributed by atoms with E-state index in [-0.39, 0.29) is 5.54 Å². The van der Waals surface area contributed by atoms with Gasteiger partial charge in [-0.2, -0.15) is 0 Å². The van der Waals surface area contributed by atoms with E-state index in [1.54, 1.807) is 0 Å². The van der Waals surface area contributed by atoms with Crippen molar-refractivity contribution in [1.29, 1.82) is 0 Å². The molecule has 0 unspecified atom stereocenters.